The fraction of sp³-hybridized carbons (Fsp3) is 1.00. The van der Waals surface area contributed by atoms with E-state index < -0.39 is 0 Å². The summed E-state index contributed by atoms with van der Waals surface area (Å²) in [6.45, 7) is 14.0. The molecule has 27 heavy (non-hydrogen) atoms. The molecule has 2 atom stereocenters. The third-order valence-corrected chi connectivity index (χ3v) is 5.50. The molecule has 1 rings (SSSR count). The van der Waals surface area contributed by atoms with Crippen molar-refractivity contribution < 1.29 is 9.47 Å². The van der Waals surface area contributed by atoms with Crippen LogP contribution in [0.15, 0.2) is 0 Å². The highest BCUT2D eigenvalue weighted by molar-refractivity contribution is 4.82. The molecule has 1 saturated heterocycles. The topological polar surface area (TPSA) is 24.9 Å². The van der Waals surface area contributed by atoms with E-state index in [2.05, 4.69) is 37.5 Å². The van der Waals surface area contributed by atoms with Crippen LogP contribution in [0.1, 0.15) is 105 Å². The van der Waals surface area contributed by atoms with E-state index in [9.17, 15) is 0 Å². The Kier molecular flexibility index (Phi) is 15.4. The summed E-state index contributed by atoms with van der Waals surface area (Å²) in [5.74, 6) is 0. The van der Waals surface area contributed by atoms with E-state index in [0.29, 0.717) is 0 Å². The normalized spacial score (nSPS) is 21.3. The summed E-state index contributed by atoms with van der Waals surface area (Å²) in [5, 5.41) is 0. The molecule has 0 aromatic heterocycles. The minimum Gasteiger partial charge on any atom is -0.359 e. The van der Waals surface area contributed by atoms with Crippen LogP contribution in [0.25, 0.3) is 0 Å². The van der Waals surface area contributed by atoms with E-state index >= 15 is 0 Å². The standard InChI is InChI=1S/C23H48N2O2/c1-5-9-13-17-24-21-25(18-14-10-6-2)23(27-20-16-12-8-4)22(24)26-19-15-11-7-3/h22-23H,5-21H2,1-4H3. The Morgan fingerprint density at radius 1 is 0.556 bits per heavy atom. The number of ether oxygens (including phenoxy) is 2. The number of nitrogens with zero attached hydrogens (tertiary/aromatic N) is 2. The van der Waals surface area contributed by atoms with Crippen LogP contribution in [0.3, 0.4) is 0 Å². The smallest absolute Gasteiger partial charge is 0.151 e. The third kappa shape index (κ3) is 10.3. The molecule has 0 aliphatic carbocycles. The molecule has 2 unspecified atom stereocenters. The average molecular weight is 385 g/mol. The second kappa shape index (κ2) is 16.8. The molecular formula is C23H48N2O2. The first-order valence-electron chi connectivity index (χ1n) is 12.0. The highest BCUT2D eigenvalue weighted by Gasteiger charge is 2.40. The molecule has 0 saturated carbocycles. The first-order valence-corrected chi connectivity index (χ1v) is 12.0. The van der Waals surface area contributed by atoms with Crippen molar-refractivity contribution in [2.75, 3.05) is 33.0 Å². The van der Waals surface area contributed by atoms with Gasteiger partial charge in [0.2, 0.25) is 0 Å². The van der Waals surface area contributed by atoms with Gasteiger partial charge in [0.05, 0.1) is 6.67 Å². The summed E-state index contributed by atoms with van der Waals surface area (Å²) in [4.78, 5) is 5.08. The fourth-order valence-electron chi connectivity index (χ4n) is 3.77. The molecule has 0 aromatic carbocycles. The van der Waals surface area contributed by atoms with Crippen molar-refractivity contribution in [3.8, 4) is 0 Å². The molecule has 4 nitrogen and oxygen atoms in total. The quantitative estimate of drug-likeness (QED) is 0.270. The summed E-state index contributed by atoms with van der Waals surface area (Å²) < 4.78 is 12.8. The second-order valence-corrected chi connectivity index (χ2v) is 8.12. The molecule has 4 heteroatoms. The molecule has 0 bridgehead atoms. The van der Waals surface area contributed by atoms with E-state index in [4.69, 9.17) is 9.47 Å². The fourth-order valence-corrected chi connectivity index (χ4v) is 3.77. The lowest BCUT2D eigenvalue weighted by molar-refractivity contribution is -0.137. The van der Waals surface area contributed by atoms with E-state index in [-0.39, 0.29) is 12.5 Å². The van der Waals surface area contributed by atoms with Crippen LogP contribution < -0.4 is 0 Å². The molecule has 1 fully saturated rings. The zero-order valence-corrected chi connectivity index (χ0v) is 18.9. The summed E-state index contributed by atoms with van der Waals surface area (Å²) in [7, 11) is 0. The van der Waals surface area contributed by atoms with E-state index in [0.717, 1.165) is 45.8 Å². The predicted molar refractivity (Wildman–Crippen MR) is 116 cm³/mol. The maximum Gasteiger partial charge on any atom is 0.151 e. The van der Waals surface area contributed by atoms with Gasteiger partial charge in [-0.2, -0.15) is 0 Å². The van der Waals surface area contributed by atoms with Gasteiger partial charge in [-0.25, -0.2) is 0 Å². The lowest BCUT2D eigenvalue weighted by Crippen LogP contribution is -2.42. The van der Waals surface area contributed by atoms with Crippen molar-refractivity contribution in [3.63, 3.8) is 0 Å². The molecule has 0 amide bonds. The van der Waals surface area contributed by atoms with E-state index in [1.165, 1.54) is 64.2 Å². The minimum atomic E-state index is 0.113. The van der Waals surface area contributed by atoms with Crippen LogP contribution in [-0.2, 0) is 9.47 Å². The van der Waals surface area contributed by atoms with Crippen molar-refractivity contribution >= 4 is 0 Å². The minimum absolute atomic E-state index is 0.113. The highest BCUT2D eigenvalue weighted by atomic mass is 16.6. The highest BCUT2D eigenvalue weighted by Crippen LogP contribution is 2.25. The summed E-state index contributed by atoms with van der Waals surface area (Å²) >= 11 is 0. The van der Waals surface area contributed by atoms with Gasteiger partial charge < -0.3 is 9.47 Å². The maximum absolute atomic E-state index is 6.41. The van der Waals surface area contributed by atoms with Gasteiger partial charge in [-0.3, -0.25) is 9.80 Å². The third-order valence-electron chi connectivity index (χ3n) is 5.50. The summed E-state index contributed by atoms with van der Waals surface area (Å²) in [6, 6.07) is 0. The summed E-state index contributed by atoms with van der Waals surface area (Å²) in [5.41, 5.74) is 0. The first kappa shape index (κ1) is 24.9. The van der Waals surface area contributed by atoms with Crippen LogP contribution >= 0.6 is 0 Å². The number of rotatable bonds is 18. The van der Waals surface area contributed by atoms with Gasteiger partial charge in [0.15, 0.2) is 12.5 Å². The Bertz CT molecular complexity index is 298. The predicted octanol–water partition coefficient (Wildman–Crippen LogP) is 6.01. The first-order chi connectivity index (χ1) is 13.3. The molecule has 1 aliphatic rings. The largest absolute Gasteiger partial charge is 0.359 e. The van der Waals surface area contributed by atoms with Crippen LogP contribution in [-0.4, -0.2) is 55.2 Å². The molecule has 0 radical (unpaired) electrons. The van der Waals surface area contributed by atoms with Crippen molar-refractivity contribution in [1.29, 1.82) is 0 Å². The monoisotopic (exact) mass is 384 g/mol. The Labute approximate surface area is 170 Å². The van der Waals surface area contributed by atoms with Crippen LogP contribution in [0.2, 0.25) is 0 Å². The van der Waals surface area contributed by atoms with Gasteiger partial charge >= 0.3 is 0 Å². The van der Waals surface area contributed by atoms with E-state index in [1.807, 2.05) is 0 Å². The van der Waals surface area contributed by atoms with Crippen molar-refractivity contribution in [1.82, 2.24) is 9.80 Å². The maximum atomic E-state index is 6.41. The zero-order valence-electron chi connectivity index (χ0n) is 18.9. The van der Waals surface area contributed by atoms with Gasteiger partial charge in [0.25, 0.3) is 0 Å². The Hall–Kier alpha value is -0.160. The van der Waals surface area contributed by atoms with Crippen LogP contribution in [0.5, 0.6) is 0 Å². The second-order valence-electron chi connectivity index (χ2n) is 8.12. The average Bonchev–Trinajstić information content (AvgIpc) is 2.99. The lowest BCUT2D eigenvalue weighted by atomic mass is 10.2. The molecule has 0 aromatic rings. The van der Waals surface area contributed by atoms with Crippen molar-refractivity contribution in [3.05, 3.63) is 0 Å². The Morgan fingerprint density at radius 2 is 0.926 bits per heavy atom. The van der Waals surface area contributed by atoms with Gasteiger partial charge in [-0.1, -0.05) is 79.1 Å². The van der Waals surface area contributed by atoms with Gasteiger partial charge in [0, 0.05) is 26.3 Å². The van der Waals surface area contributed by atoms with Gasteiger partial charge in [0.1, 0.15) is 0 Å². The van der Waals surface area contributed by atoms with Gasteiger partial charge in [-0.15, -0.1) is 0 Å². The molecule has 0 spiro atoms. The van der Waals surface area contributed by atoms with Gasteiger partial charge in [-0.05, 0) is 25.7 Å². The Morgan fingerprint density at radius 3 is 1.30 bits per heavy atom. The molecule has 162 valence electrons. The number of hydrogen-bond acceptors (Lipinski definition) is 4. The zero-order chi connectivity index (χ0) is 19.7. The molecular weight excluding hydrogens is 336 g/mol. The molecule has 1 heterocycles. The van der Waals surface area contributed by atoms with Crippen LogP contribution in [0, 0.1) is 0 Å². The molecule has 0 N–H and O–H groups in total. The van der Waals surface area contributed by atoms with Crippen molar-refractivity contribution in [2.24, 2.45) is 0 Å². The summed E-state index contributed by atoms with van der Waals surface area (Å²) in [6.07, 6.45) is 15.2. The number of unbranched alkanes of at least 4 members (excludes halogenated alkanes) is 8. The van der Waals surface area contributed by atoms with E-state index in [1.54, 1.807) is 0 Å². The lowest BCUT2D eigenvalue weighted by Gasteiger charge is -2.29. The SMILES string of the molecule is CCCCCOC1C(OCCCCC)N(CCCCC)CN1CCCCC. The van der Waals surface area contributed by atoms with Crippen molar-refractivity contribution in [2.45, 2.75) is 117 Å². The molecule has 1 aliphatic heterocycles. The Balaban J connectivity index is 2.67. The number of hydrogen-bond donors (Lipinski definition) is 0. The van der Waals surface area contributed by atoms with Crippen LogP contribution in [0.4, 0.5) is 0 Å².